The van der Waals surface area contributed by atoms with Crippen molar-refractivity contribution < 1.29 is 9.47 Å². The predicted octanol–water partition coefficient (Wildman–Crippen LogP) is 2.54. The van der Waals surface area contributed by atoms with Crippen LogP contribution in [0.4, 0.5) is 0 Å². The molecule has 1 N–H and O–H groups in total. The zero-order valence-electron chi connectivity index (χ0n) is 13.3. The Balaban J connectivity index is 1.74. The summed E-state index contributed by atoms with van der Waals surface area (Å²) in [7, 11) is 2.03. The zero-order valence-corrected chi connectivity index (χ0v) is 13.3. The molecule has 0 spiro atoms. The SMILES string of the molecule is CCOc1ccc(OCCN2CCCCC2CNC)cc1. The van der Waals surface area contributed by atoms with Crippen LogP contribution in [-0.2, 0) is 0 Å². The molecule has 4 nitrogen and oxygen atoms in total. The van der Waals surface area contributed by atoms with Crippen LogP contribution in [0.15, 0.2) is 24.3 Å². The van der Waals surface area contributed by atoms with Crippen molar-refractivity contribution in [3.63, 3.8) is 0 Å². The summed E-state index contributed by atoms with van der Waals surface area (Å²) >= 11 is 0. The van der Waals surface area contributed by atoms with Crippen LogP contribution in [0.5, 0.6) is 11.5 Å². The summed E-state index contributed by atoms with van der Waals surface area (Å²) in [5.74, 6) is 1.82. The van der Waals surface area contributed by atoms with Crippen LogP contribution in [0.3, 0.4) is 0 Å². The Morgan fingerprint density at radius 1 is 1.14 bits per heavy atom. The van der Waals surface area contributed by atoms with Crippen LogP contribution in [-0.4, -0.2) is 50.8 Å². The second kappa shape index (κ2) is 8.90. The molecule has 1 unspecified atom stereocenters. The summed E-state index contributed by atoms with van der Waals surface area (Å²) < 4.78 is 11.3. The fraction of sp³-hybridized carbons (Fsp3) is 0.647. The molecule has 1 saturated heterocycles. The number of likely N-dealkylation sites (tertiary alicyclic amines) is 1. The lowest BCUT2D eigenvalue weighted by Crippen LogP contribution is -2.46. The highest BCUT2D eigenvalue weighted by molar-refractivity contribution is 5.31. The van der Waals surface area contributed by atoms with Gasteiger partial charge in [-0.05, 0) is 57.6 Å². The minimum absolute atomic E-state index is 0.660. The van der Waals surface area contributed by atoms with Gasteiger partial charge in [0.1, 0.15) is 18.1 Å². The lowest BCUT2D eigenvalue weighted by molar-refractivity contribution is 0.123. The third-order valence-electron chi connectivity index (χ3n) is 3.97. The first-order valence-electron chi connectivity index (χ1n) is 8.07. The van der Waals surface area contributed by atoms with E-state index in [1.165, 1.54) is 25.8 Å². The zero-order chi connectivity index (χ0) is 14.9. The largest absolute Gasteiger partial charge is 0.494 e. The van der Waals surface area contributed by atoms with Crippen molar-refractivity contribution in [3.05, 3.63) is 24.3 Å². The first-order valence-corrected chi connectivity index (χ1v) is 8.07. The van der Waals surface area contributed by atoms with Gasteiger partial charge in [0, 0.05) is 19.1 Å². The number of nitrogens with zero attached hydrogens (tertiary/aromatic N) is 1. The predicted molar refractivity (Wildman–Crippen MR) is 86.2 cm³/mol. The molecule has 1 aromatic carbocycles. The van der Waals surface area contributed by atoms with E-state index in [0.29, 0.717) is 12.6 Å². The highest BCUT2D eigenvalue weighted by Gasteiger charge is 2.21. The minimum Gasteiger partial charge on any atom is -0.494 e. The molecule has 21 heavy (non-hydrogen) atoms. The maximum absolute atomic E-state index is 5.85. The van der Waals surface area contributed by atoms with Crippen molar-refractivity contribution in [3.8, 4) is 11.5 Å². The summed E-state index contributed by atoms with van der Waals surface area (Å²) in [6, 6.07) is 8.54. The van der Waals surface area contributed by atoms with Crippen LogP contribution < -0.4 is 14.8 Å². The Bertz CT molecular complexity index is 392. The van der Waals surface area contributed by atoms with Crippen molar-refractivity contribution in [2.45, 2.75) is 32.2 Å². The first kappa shape index (κ1) is 16.1. The van der Waals surface area contributed by atoms with Crippen molar-refractivity contribution in [1.29, 1.82) is 0 Å². The van der Waals surface area contributed by atoms with Gasteiger partial charge in [-0.3, -0.25) is 4.90 Å². The van der Waals surface area contributed by atoms with Crippen LogP contribution in [0.2, 0.25) is 0 Å². The van der Waals surface area contributed by atoms with E-state index in [2.05, 4.69) is 10.2 Å². The Kier molecular flexibility index (Phi) is 6.83. The number of hydrogen-bond acceptors (Lipinski definition) is 4. The van der Waals surface area contributed by atoms with Gasteiger partial charge in [-0.15, -0.1) is 0 Å². The number of hydrogen-bond donors (Lipinski definition) is 1. The molecular formula is C17H28N2O2. The molecular weight excluding hydrogens is 264 g/mol. The molecule has 1 aromatic rings. The molecule has 1 heterocycles. The van der Waals surface area contributed by atoms with E-state index >= 15 is 0 Å². The number of benzene rings is 1. The van der Waals surface area contributed by atoms with E-state index in [4.69, 9.17) is 9.47 Å². The van der Waals surface area contributed by atoms with E-state index in [1.54, 1.807) is 0 Å². The van der Waals surface area contributed by atoms with Gasteiger partial charge in [0.05, 0.1) is 6.61 Å². The maximum Gasteiger partial charge on any atom is 0.119 e. The van der Waals surface area contributed by atoms with Gasteiger partial charge in [-0.25, -0.2) is 0 Å². The standard InChI is InChI=1S/C17H28N2O2/c1-3-20-16-7-9-17(10-8-16)21-13-12-19-11-5-4-6-15(19)14-18-2/h7-10,15,18H,3-6,11-14H2,1-2H3. The Labute approximate surface area is 128 Å². The van der Waals surface area contributed by atoms with Crippen LogP contribution >= 0.6 is 0 Å². The smallest absolute Gasteiger partial charge is 0.119 e. The summed E-state index contributed by atoms with van der Waals surface area (Å²) in [6.45, 7) is 6.70. The molecule has 1 fully saturated rings. The molecule has 4 heteroatoms. The second-order valence-electron chi connectivity index (χ2n) is 5.50. The van der Waals surface area contributed by atoms with Crippen molar-refractivity contribution >= 4 is 0 Å². The van der Waals surface area contributed by atoms with Crippen LogP contribution in [0.25, 0.3) is 0 Å². The molecule has 0 aromatic heterocycles. The third kappa shape index (κ3) is 5.21. The van der Waals surface area contributed by atoms with E-state index in [1.807, 2.05) is 38.2 Å². The lowest BCUT2D eigenvalue weighted by Gasteiger charge is -2.35. The third-order valence-corrected chi connectivity index (χ3v) is 3.97. The average molecular weight is 292 g/mol. The summed E-state index contributed by atoms with van der Waals surface area (Å²) in [5.41, 5.74) is 0. The maximum atomic E-state index is 5.85. The first-order chi connectivity index (χ1) is 10.3. The quantitative estimate of drug-likeness (QED) is 0.798. The van der Waals surface area contributed by atoms with Gasteiger partial charge in [0.2, 0.25) is 0 Å². The highest BCUT2D eigenvalue weighted by atomic mass is 16.5. The molecule has 0 saturated carbocycles. The van der Waals surface area contributed by atoms with Crippen LogP contribution in [0, 0.1) is 0 Å². The fourth-order valence-corrected chi connectivity index (χ4v) is 2.90. The molecule has 0 amide bonds. The molecule has 1 atom stereocenters. The van der Waals surface area contributed by atoms with Crippen LogP contribution in [0.1, 0.15) is 26.2 Å². The normalized spacial score (nSPS) is 19.4. The van der Waals surface area contributed by atoms with Gasteiger partial charge in [-0.1, -0.05) is 6.42 Å². The van der Waals surface area contributed by atoms with Gasteiger partial charge < -0.3 is 14.8 Å². The molecule has 1 aliphatic rings. The molecule has 0 radical (unpaired) electrons. The molecule has 1 aliphatic heterocycles. The summed E-state index contributed by atoms with van der Waals surface area (Å²) in [6.07, 6.45) is 3.95. The van der Waals surface area contributed by atoms with E-state index < -0.39 is 0 Å². The summed E-state index contributed by atoms with van der Waals surface area (Å²) in [4.78, 5) is 2.55. The molecule has 0 bridgehead atoms. The molecule has 2 rings (SSSR count). The van der Waals surface area contributed by atoms with Crippen molar-refractivity contribution in [1.82, 2.24) is 10.2 Å². The van der Waals surface area contributed by atoms with Gasteiger partial charge in [0.25, 0.3) is 0 Å². The number of nitrogens with one attached hydrogen (secondary N) is 1. The number of ether oxygens (including phenoxy) is 2. The summed E-state index contributed by atoms with van der Waals surface area (Å²) in [5, 5.41) is 3.30. The van der Waals surface area contributed by atoms with Gasteiger partial charge in [-0.2, -0.15) is 0 Å². The Morgan fingerprint density at radius 3 is 2.52 bits per heavy atom. The number of piperidine rings is 1. The van der Waals surface area contributed by atoms with E-state index in [-0.39, 0.29) is 0 Å². The second-order valence-corrected chi connectivity index (χ2v) is 5.50. The van der Waals surface area contributed by atoms with Gasteiger partial charge >= 0.3 is 0 Å². The van der Waals surface area contributed by atoms with Crippen molar-refractivity contribution in [2.75, 3.05) is 39.9 Å². The number of rotatable bonds is 8. The number of likely N-dealkylation sites (N-methyl/N-ethyl adjacent to an activating group) is 1. The van der Waals surface area contributed by atoms with E-state index in [0.717, 1.165) is 31.2 Å². The molecule has 0 aliphatic carbocycles. The van der Waals surface area contributed by atoms with E-state index in [9.17, 15) is 0 Å². The van der Waals surface area contributed by atoms with Gasteiger partial charge in [0.15, 0.2) is 0 Å². The highest BCUT2D eigenvalue weighted by Crippen LogP contribution is 2.19. The Hall–Kier alpha value is -1.26. The Morgan fingerprint density at radius 2 is 1.86 bits per heavy atom. The van der Waals surface area contributed by atoms with Crippen molar-refractivity contribution in [2.24, 2.45) is 0 Å². The fourth-order valence-electron chi connectivity index (χ4n) is 2.90. The molecule has 118 valence electrons. The topological polar surface area (TPSA) is 33.7 Å². The average Bonchev–Trinajstić information content (AvgIpc) is 2.51. The monoisotopic (exact) mass is 292 g/mol. The minimum atomic E-state index is 0.660. The lowest BCUT2D eigenvalue weighted by atomic mass is 10.0.